The smallest absolute Gasteiger partial charge is 0.341 e. The van der Waals surface area contributed by atoms with E-state index in [0.29, 0.717) is 23.4 Å². The van der Waals surface area contributed by atoms with Crippen molar-refractivity contribution in [3.8, 4) is 11.1 Å². The van der Waals surface area contributed by atoms with E-state index in [4.69, 9.17) is 4.74 Å². The molecule has 0 aliphatic heterocycles. The zero-order chi connectivity index (χ0) is 22.7. The Bertz CT molecular complexity index is 1040. The topological polar surface area (TPSA) is 92.7 Å². The molecule has 2 atom stereocenters. The Labute approximate surface area is 185 Å². The van der Waals surface area contributed by atoms with Crippen LogP contribution in [0.2, 0.25) is 0 Å². The summed E-state index contributed by atoms with van der Waals surface area (Å²) in [5, 5.41) is 12.9. The van der Waals surface area contributed by atoms with Crippen LogP contribution in [-0.2, 0) is 14.3 Å². The van der Waals surface area contributed by atoms with E-state index in [1.807, 2.05) is 51.1 Å². The standard InChI is InChI=1S/C24H27NO5S/c1-5-30-24(29)20-19(16-9-7-6-8-10-16)15(4)31-22(20)25-21(26)17-11-13(2)14(3)12-18(17)23(27)28/h6-10,17-18H,5,11-12H2,1-4H3,(H,25,26)(H,27,28)/t17-,18+/m0/s1. The number of rotatable bonds is 6. The van der Waals surface area contributed by atoms with Crippen molar-refractivity contribution in [2.75, 3.05) is 11.9 Å². The molecule has 164 valence electrons. The van der Waals surface area contributed by atoms with Gasteiger partial charge in [-0.2, -0.15) is 0 Å². The van der Waals surface area contributed by atoms with Crippen molar-refractivity contribution in [1.29, 1.82) is 0 Å². The lowest BCUT2D eigenvalue weighted by Gasteiger charge is -2.29. The van der Waals surface area contributed by atoms with E-state index < -0.39 is 23.8 Å². The molecule has 7 heteroatoms. The van der Waals surface area contributed by atoms with Gasteiger partial charge >= 0.3 is 11.9 Å². The molecule has 6 nitrogen and oxygen atoms in total. The van der Waals surface area contributed by atoms with Gasteiger partial charge in [-0.25, -0.2) is 4.79 Å². The lowest BCUT2D eigenvalue weighted by Crippen LogP contribution is -2.36. The molecule has 0 unspecified atom stereocenters. The molecule has 1 aliphatic rings. The minimum Gasteiger partial charge on any atom is -0.481 e. The Morgan fingerprint density at radius 1 is 1.06 bits per heavy atom. The van der Waals surface area contributed by atoms with Crippen LogP contribution in [0.3, 0.4) is 0 Å². The number of carboxylic acid groups (broad SMARTS) is 1. The Kier molecular flexibility index (Phi) is 6.95. The zero-order valence-corrected chi connectivity index (χ0v) is 19.0. The second-order valence-corrected chi connectivity index (χ2v) is 9.06. The van der Waals surface area contributed by atoms with E-state index >= 15 is 0 Å². The third kappa shape index (κ3) is 4.71. The number of amides is 1. The van der Waals surface area contributed by atoms with Crippen molar-refractivity contribution in [2.24, 2.45) is 11.8 Å². The number of carboxylic acids is 1. The van der Waals surface area contributed by atoms with Gasteiger partial charge in [0.25, 0.3) is 0 Å². The van der Waals surface area contributed by atoms with Gasteiger partial charge in [-0.05, 0) is 46.1 Å². The summed E-state index contributed by atoms with van der Waals surface area (Å²) in [6.07, 6.45) is 0.738. The summed E-state index contributed by atoms with van der Waals surface area (Å²) in [5.74, 6) is -3.36. The van der Waals surface area contributed by atoms with Gasteiger partial charge in [0.05, 0.1) is 18.4 Å². The Morgan fingerprint density at radius 3 is 2.26 bits per heavy atom. The number of benzene rings is 1. The number of nitrogens with one attached hydrogen (secondary N) is 1. The SMILES string of the molecule is CCOC(=O)c1c(NC(=O)[C@H]2CC(C)=C(C)C[C@H]2C(=O)O)sc(C)c1-c1ccccc1. The first kappa shape index (κ1) is 22.7. The quantitative estimate of drug-likeness (QED) is 0.470. The number of thiophene rings is 1. The molecule has 1 aromatic carbocycles. The van der Waals surface area contributed by atoms with Gasteiger partial charge in [0.1, 0.15) is 10.6 Å². The van der Waals surface area contributed by atoms with Crippen LogP contribution in [0.25, 0.3) is 11.1 Å². The van der Waals surface area contributed by atoms with Crippen LogP contribution in [0.4, 0.5) is 5.00 Å². The molecule has 0 saturated heterocycles. The first-order valence-electron chi connectivity index (χ1n) is 10.3. The molecule has 1 aromatic heterocycles. The van der Waals surface area contributed by atoms with Gasteiger partial charge in [-0.1, -0.05) is 41.5 Å². The van der Waals surface area contributed by atoms with Crippen LogP contribution in [0.15, 0.2) is 41.5 Å². The van der Waals surface area contributed by atoms with Crippen molar-refractivity contribution in [2.45, 2.75) is 40.5 Å². The minimum atomic E-state index is -0.982. The van der Waals surface area contributed by atoms with E-state index in [0.717, 1.165) is 27.2 Å². The summed E-state index contributed by atoms with van der Waals surface area (Å²) in [6, 6.07) is 9.47. The number of carbonyl (C=O) groups excluding carboxylic acids is 2. The van der Waals surface area contributed by atoms with Crippen molar-refractivity contribution in [3.05, 3.63) is 51.9 Å². The largest absolute Gasteiger partial charge is 0.481 e. The lowest BCUT2D eigenvalue weighted by atomic mass is 9.76. The fraction of sp³-hybridized carbons (Fsp3) is 0.375. The molecule has 0 fully saturated rings. The number of hydrogen-bond acceptors (Lipinski definition) is 5. The maximum absolute atomic E-state index is 13.2. The summed E-state index contributed by atoms with van der Waals surface area (Å²) in [5.41, 5.74) is 3.95. The Morgan fingerprint density at radius 2 is 1.68 bits per heavy atom. The molecule has 0 spiro atoms. The highest BCUT2D eigenvalue weighted by molar-refractivity contribution is 7.17. The van der Waals surface area contributed by atoms with Crippen molar-refractivity contribution < 1.29 is 24.2 Å². The number of carbonyl (C=O) groups is 3. The number of anilines is 1. The van der Waals surface area contributed by atoms with E-state index in [2.05, 4.69) is 5.32 Å². The summed E-state index contributed by atoms with van der Waals surface area (Å²) in [4.78, 5) is 38.7. The van der Waals surface area contributed by atoms with E-state index in [9.17, 15) is 19.5 Å². The molecule has 0 saturated carbocycles. The third-order valence-corrected chi connectivity index (χ3v) is 6.80. The van der Waals surface area contributed by atoms with Gasteiger partial charge < -0.3 is 15.2 Å². The highest BCUT2D eigenvalue weighted by Gasteiger charge is 2.38. The number of ether oxygens (including phenoxy) is 1. The second kappa shape index (κ2) is 9.47. The molecule has 1 amide bonds. The molecule has 2 aromatic rings. The second-order valence-electron chi connectivity index (χ2n) is 7.83. The third-order valence-electron chi connectivity index (χ3n) is 5.78. The fourth-order valence-electron chi connectivity index (χ4n) is 4.02. The number of aryl methyl sites for hydroxylation is 1. The van der Waals surface area contributed by atoms with E-state index in [1.165, 1.54) is 11.3 Å². The Hall–Kier alpha value is -2.93. The number of hydrogen-bond donors (Lipinski definition) is 2. The zero-order valence-electron chi connectivity index (χ0n) is 18.2. The van der Waals surface area contributed by atoms with Crippen LogP contribution >= 0.6 is 11.3 Å². The summed E-state index contributed by atoms with van der Waals surface area (Å²) >= 11 is 1.30. The van der Waals surface area contributed by atoms with Gasteiger partial charge in [0.15, 0.2) is 0 Å². The molecule has 31 heavy (non-hydrogen) atoms. The van der Waals surface area contributed by atoms with Crippen LogP contribution in [0.1, 0.15) is 48.8 Å². The average molecular weight is 442 g/mol. The maximum atomic E-state index is 13.2. The van der Waals surface area contributed by atoms with Gasteiger partial charge in [-0.15, -0.1) is 11.3 Å². The Balaban J connectivity index is 2.00. The molecule has 3 rings (SSSR count). The predicted molar refractivity (Wildman–Crippen MR) is 121 cm³/mol. The molecule has 0 bridgehead atoms. The van der Waals surface area contributed by atoms with E-state index in [1.54, 1.807) is 6.92 Å². The van der Waals surface area contributed by atoms with E-state index in [-0.39, 0.29) is 12.5 Å². The van der Waals surface area contributed by atoms with Gasteiger partial charge in [0, 0.05) is 10.4 Å². The monoisotopic (exact) mass is 441 g/mol. The number of allylic oxidation sites excluding steroid dienone is 2. The molecular formula is C24H27NO5S. The molecular weight excluding hydrogens is 414 g/mol. The van der Waals surface area contributed by atoms with Crippen molar-refractivity contribution in [1.82, 2.24) is 0 Å². The van der Waals surface area contributed by atoms with Crippen LogP contribution in [-0.4, -0.2) is 29.6 Å². The van der Waals surface area contributed by atoms with Crippen molar-refractivity contribution in [3.63, 3.8) is 0 Å². The fourth-order valence-corrected chi connectivity index (χ4v) is 5.08. The highest BCUT2D eigenvalue weighted by Crippen LogP contribution is 2.42. The summed E-state index contributed by atoms with van der Waals surface area (Å²) < 4.78 is 5.28. The predicted octanol–water partition coefficient (Wildman–Crippen LogP) is 5.29. The molecule has 1 aliphatic carbocycles. The molecule has 0 radical (unpaired) electrons. The number of esters is 1. The average Bonchev–Trinajstić information content (AvgIpc) is 3.05. The lowest BCUT2D eigenvalue weighted by molar-refractivity contribution is -0.146. The summed E-state index contributed by atoms with van der Waals surface area (Å²) in [6.45, 7) is 7.67. The maximum Gasteiger partial charge on any atom is 0.341 e. The van der Waals surface area contributed by atoms with Gasteiger partial charge in [0.2, 0.25) is 5.91 Å². The highest BCUT2D eigenvalue weighted by atomic mass is 32.1. The van der Waals surface area contributed by atoms with Crippen LogP contribution in [0.5, 0.6) is 0 Å². The van der Waals surface area contributed by atoms with Crippen molar-refractivity contribution >= 4 is 34.2 Å². The molecule has 2 N–H and O–H groups in total. The number of aliphatic carboxylic acids is 1. The molecule has 1 heterocycles. The first-order valence-corrected chi connectivity index (χ1v) is 11.1. The minimum absolute atomic E-state index is 0.211. The van der Waals surface area contributed by atoms with Gasteiger partial charge in [-0.3, -0.25) is 9.59 Å². The summed E-state index contributed by atoms with van der Waals surface area (Å²) in [7, 11) is 0. The van der Waals surface area contributed by atoms with Crippen LogP contribution < -0.4 is 5.32 Å². The first-order chi connectivity index (χ1) is 14.7. The normalized spacial score (nSPS) is 18.6. The van der Waals surface area contributed by atoms with Crippen LogP contribution in [0, 0.1) is 18.8 Å².